The highest BCUT2D eigenvalue weighted by atomic mass is 16.1. The van der Waals surface area contributed by atoms with Crippen molar-refractivity contribution in [1.29, 1.82) is 0 Å². The van der Waals surface area contributed by atoms with E-state index in [1.807, 2.05) is 5.92 Å². The summed E-state index contributed by atoms with van der Waals surface area (Å²) in [6, 6.07) is 2.85. The van der Waals surface area contributed by atoms with E-state index in [0.717, 1.165) is 0 Å². The Labute approximate surface area is 75.2 Å². The van der Waals surface area contributed by atoms with Crippen LogP contribution in [0.2, 0.25) is 0 Å². The third-order valence-corrected chi connectivity index (χ3v) is 1.47. The van der Waals surface area contributed by atoms with E-state index in [2.05, 4.69) is 5.32 Å². The molecule has 4 nitrogen and oxygen atoms in total. The standard InChI is InChI=1S/C9H8N2O2/c1-3-8(12)10-7-4-5-9(13)11(2)6-7/h1,4-6H,2H3,(H,10,12). The van der Waals surface area contributed by atoms with Crippen molar-refractivity contribution in [2.45, 2.75) is 0 Å². The van der Waals surface area contributed by atoms with Crippen LogP contribution in [0.5, 0.6) is 0 Å². The monoisotopic (exact) mass is 176 g/mol. The number of rotatable bonds is 1. The normalized spacial score (nSPS) is 8.92. The van der Waals surface area contributed by atoms with E-state index in [9.17, 15) is 9.59 Å². The summed E-state index contributed by atoms with van der Waals surface area (Å²) >= 11 is 0. The summed E-state index contributed by atoms with van der Waals surface area (Å²) in [5.74, 6) is 1.38. The summed E-state index contributed by atoms with van der Waals surface area (Å²) in [7, 11) is 1.59. The number of carbonyl (C=O) groups is 1. The number of amides is 1. The van der Waals surface area contributed by atoms with Crippen LogP contribution in [0.3, 0.4) is 0 Å². The molecule has 0 bridgehead atoms. The Balaban J connectivity index is 2.93. The molecule has 1 heterocycles. The maximum Gasteiger partial charge on any atom is 0.300 e. The minimum absolute atomic E-state index is 0.140. The third kappa shape index (κ3) is 2.20. The molecule has 0 atom stereocenters. The Morgan fingerprint density at radius 3 is 2.85 bits per heavy atom. The molecule has 66 valence electrons. The first-order valence-electron chi connectivity index (χ1n) is 3.58. The van der Waals surface area contributed by atoms with Gasteiger partial charge in [0.15, 0.2) is 0 Å². The highest BCUT2D eigenvalue weighted by Crippen LogP contribution is 2.00. The van der Waals surface area contributed by atoms with E-state index in [4.69, 9.17) is 6.42 Å². The molecular weight excluding hydrogens is 168 g/mol. The van der Waals surface area contributed by atoms with Crippen LogP contribution in [0, 0.1) is 12.3 Å². The van der Waals surface area contributed by atoms with Gasteiger partial charge in [0.2, 0.25) is 5.56 Å². The lowest BCUT2D eigenvalue weighted by atomic mass is 10.4. The summed E-state index contributed by atoms with van der Waals surface area (Å²) in [5.41, 5.74) is 0.365. The molecule has 0 radical (unpaired) electrons. The molecule has 1 rings (SSSR count). The molecular formula is C9H8N2O2. The molecule has 1 amide bonds. The van der Waals surface area contributed by atoms with E-state index in [0.29, 0.717) is 5.69 Å². The van der Waals surface area contributed by atoms with Crippen LogP contribution in [0.1, 0.15) is 0 Å². The molecule has 0 unspecified atom stereocenters. The minimum Gasteiger partial charge on any atom is -0.317 e. The van der Waals surface area contributed by atoms with Gasteiger partial charge in [0.1, 0.15) is 0 Å². The Morgan fingerprint density at radius 1 is 1.62 bits per heavy atom. The van der Waals surface area contributed by atoms with Crippen molar-refractivity contribution in [3.8, 4) is 12.3 Å². The second-order valence-corrected chi connectivity index (χ2v) is 2.47. The largest absolute Gasteiger partial charge is 0.317 e. The smallest absolute Gasteiger partial charge is 0.300 e. The van der Waals surface area contributed by atoms with Gasteiger partial charge in [-0.15, -0.1) is 6.42 Å². The van der Waals surface area contributed by atoms with Crippen molar-refractivity contribution >= 4 is 11.6 Å². The Bertz CT molecular complexity index is 426. The summed E-state index contributed by atoms with van der Waals surface area (Å²) in [5, 5.41) is 2.42. The summed E-state index contributed by atoms with van der Waals surface area (Å²) in [4.78, 5) is 21.7. The van der Waals surface area contributed by atoms with Crippen molar-refractivity contribution in [2.75, 3.05) is 5.32 Å². The van der Waals surface area contributed by atoms with Crippen molar-refractivity contribution in [1.82, 2.24) is 4.57 Å². The number of aryl methyl sites for hydroxylation is 1. The lowest BCUT2D eigenvalue weighted by Crippen LogP contribution is -2.16. The molecule has 4 heteroatoms. The Hall–Kier alpha value is -2.02. The molecule has 13 heavy (non-hydrogen) atoms. The van der Waals surface area contributed by atoms with E-state index in [1.165, 1.54) is 22.9 Å². The first-order chi connectivity index (χ1) is 6.13. The molecule has 0 fully saturated rings. The van der Waals surface area contributed by atoms with Gasteiger partial charge in [0, 0.05) is 19.3 Å². The average molecular weight is 176 g/mol. The van der Waals surface area contributed by atoms with Gasteiger partial charge >= 0.3 is 0 Å². The van der Waals surface area contributed by atoms with Crippen molar-refractivity contribution in [3.05, 3.63) is 28.7 Å². The number of terminal acetylenes is 1. The topological polar surface area (TPSA) is 51.1 Å². The Kier molecular flexibility index (Phi) is 2.50. The fraction of sp³-hybridized carbons (Fsp3) is 0.111. The maximum absolute atomic E-state index is 10.9. The molecule has 0 aliphatic rings. The molecule has 1 N–H and O–H groups in total. The molecule has 0 saturated heterocycles. The predicted molar refractivity (Wildman–Crippen MR) is 49.1 cm³/mol. The zero-order valence-corrected chi connectivity index (χ0v) is 7.07. The van der Waals surface area contributed by atoms with Gasteiger partial charge in [-0.1, -0.05) is 0 Å². The van der Waals surface area contributed by atoms with Crippen LogP contribution in [0.25, 0.3) is 0 Å². The Morgan fingerprint density at radius 2 is 2.31 bits per heavy atom. The van der Waals surface area contributed by atoms with Gasteiger partial charge < -0.3 is 9.88 Å². The summed E-state index contributed by atoms with van der Waals surface area (Å²) < 4.78 is 1.35. The first-order valence-corrected chi connectivity index (χ1v) is 3.58. The number of nitrogens with zero attached hydrogens (tertiary/aromatic N) is 1. The van der Waals surface area contributed by atoms with Crippen molar-refractivity contribution in [3.63, 3.8) is 0 Å². The SMILES string of the molecule is C#CC(=O)Nc1ccc(=O)n(C)c1. The molecule has 0 aliphatic heterocycles. The lowest BCUT2D eigenvalue weighted by Gasteiger charge is -2.02. The van der Waals surface area contributed by atoms with Crippen LogP contribution in [0.15, 0.2) is 23.1 Å². The number of carbonyl (C=O) groups excluding carboxylic acids is 1. The van der Waals surface area contributed by atoms with Gasteiger partial charge in [-0.25, -0.2) is 0 Å². The molecule has 0 spiro atoms. The van der Waals surface area contributed by atoms with Crippen molar-refractivity contribution < 1.29 is 4.79 Å². The zero-order chi connectivity index (χ0) is 9.84. The van der Waals surface area contributed by atoms with Gasteiger partial charge in [0.25, 0.3) is 5.91 Å². The fourth-order valence-corrected chi connectivity index (χ4v) is 0.835. The lowest BCUT2D eigenvalue weighted by molar-refractivity contribution is -0.111. The molecule has 1 aromatic heterocycles. The number of anilines is 1. The number of nitrogens with one attached hydrogen (secondary N) is 1. The highest BCUT2D eigenvalue weighted by molar-refractivity contribution is 6.03. The van der Waals surface area contributed by atoms with Crippen LogP contribution in [-0.2, 0) is 11.8 Å². The van der Waals surface area contributed by atoms with Gasteiger partial charge in [0.05, 0.1) is 5.69 Å². The van der Waals surface area contributed by atoms with Crippen LogP contribution < -0.4 is 10.9 Å². The highest BCUT2D eigenvalue weighted by Gasteiger charge is 1.97. The number of hydrogen-bond acceptors (Lipinski definition) is 2. The maximum atomic E-state index is 10.9. The second kappa shape index (κ2) is 3.59. The number of aromatic nitrogens is 1. The third-order valence-electron chi connectivity index (χ3n) is 1.47. The fourth-order valence-electron chi connectivity index (χ4n) is 0.835. The number of pyridine rings is 1. The molecule has 0 aliphatic carbocycles. The molecule has 0 aromatic carbocycles. The summed E-state index contributed by atoms with van der Waals surface area (Å²) in [6.07, 6.45) is 6.35. The summed E-state index contributed by atoms with van der Waals surface area (Å²) in [6.45, 7) is 0. The first kappa shape index (κ1) is 9.07. The average Bonchev–Trinajstić information content (AvgIpc) is 2.11. The van der Waals surface area contributed by atoms with Gasteiger partial charge in [-0.3, -0.25) is 9.59 Å². The van der Waals surface area contributed by atoms with Gasteiger partial charge in [-0.2, -0.15) is 0 Å². The number of hydrogen-bond donors (Lipinski definition) is 1. The van der Waals surface area contributed by atoms with Crippen LogP contribution in [-0.4, -0.2) is 10.5 Å². The molecule has 1 aromatic rings. The van der Waals surface area contributed by atoms with E-state index in [-0.39, 0.29) is 5.56 Å². The van der Waals surface area contributed by atoms with E-state index in [1.54, 1.807) is 7.05 Å². The zero-order valence-electron chi connectivity index (χ0n) is 7.07. The van der Waals surface area contributed by atoms with Crippen LogP contribution >= 0.6 is 0 Å². The predicted octanol–water partition coefficient (Wildman–Crippen LogP) is -0.0430. The van der Waals surface area contributed by atoms with Crippen molar-refractivity contribution in [2.24, 2.45) is 7.05 Å². The minimum atomic E-state index is -0.529. The van der Waals surface area contributed by atoms with Crippen LogP contribution in [0.4, 0.5) is 5.69 Å². The van der Waals surface area contributed by atoms with E-state index >= 15 is 0 Å². The van der Waals surface area contributed by atoms with Gasteiger partial charge in [-0.05, 0) is 12.0 Å². The van der Waals surface area contributed by atoms with E-state index < -0.39 is 5.91 Å². The second-order valence-electron chi connectivity index (χ2n) is 2.47. The quantitative estimate of drug-likeness (QED) is 0.610. The molecule has 0 saturated carbocycles.